The van der Waals surface area contributed by atoms with E-state index in [1.165, 1.54) is 4.68 Å². The number of aromatic nitrogens is 3. The zero-order valence-corrected chi connectivity index (χ0v) is 12.6. The Morgan fingerprint density at radius 3 is 2.65 bits per heavy atom. The molecule has 0 spiro atoms. The van der Waals surface area contributed by atoms with Crippen LogP contribution in [0.4, 0.5) is 0 Å². The molecule has 3 aromatic rings. The van der Waals surface area contributed by atoms with Gasteiger partial charge in [-0.2, -0.15) is 0 Å². The smallest absolute Gasteiger partial charge is 0.313 e. The fourth-order valence-corrected chi connectivity index (χ4v) is 2.16. The molecule has 0 saturated carbocycles. The summed E-state index contributed by atoms with van der Waals surface area (Å²) in [5.74, 6) is 0.0632. The maximum absolute atomic E-state index is 12.2. The third kappa shape index (κ3) is 3.42. The Hall–Kier alpha value is -3.02. The van der Waals surface area contributed by atoms with Crippen molar-refractivity contribution >= 4 is 16.9 Å². The Labute approximate surface area is 132 Å². The molecular weight excluding hydrogens is 294 g/mol. The van der Waals surface area contributed by atoms with Crippen LogP contribution in [0, 0.1) is 6.92 Å². The van der Waals surface area contributed by atoms with Crippen LogP contribution in [0.1, 0.15) is 12.0 Å². The summed E-state index contributed by atoms with van der Waals surface area (Å²) < 4.78 is 6.40. The highest BCUT2D eigenvalue weighted by Crippen LogP contribution is 2.12. The van der Waals surface area contributed by atoms with Crippen LogP contribution in [-0.4, -0.2) is 21.0 Å². The summed E-state index contributed by atoms with van der Waals surface area (Å²) in [5.41, 5.74) is 1.36. The SMILES string of the molecule is Cc1ccc(OC(=O)CCn2nnc3ccccc3c2=O)cc1. The van der Waals surface area contributed by atoms with Gasteiger partial charge < -0.3 is 4.74 Å². The fourth-order valence-electron chi connectivity index (χ4n) is 2.16. The molecule has 0 saturated heterocycles. The van der Waals surface area contributed by atoms with E-state index in [1.54, 1.807) is 36.4 Å². The van der Waals surface area contributed by atoms with E-state index in [0.29, 0.717) is 16.7 Å². The van der Waals surface area contributed by atoms with Gasteiger partial charge in [-0.25, -0.2) is 4.68 Å². The van der Waals surface area contributed by atoms with Crippen molar-refractivity contribution in [1.29, 1.82) is 0 Å². The quantitative estimate of drug-likeness (QED) is 0.545. The molecule has 23 heavy (non-hydrogen) atoms. The molecular formula is C17H15N3O3. The Bertz CT molecular complexity index is 901. The van der Waals surface area contributed by atoms with Gasteiger partial charge in [0.05, 0.1) is 18.4 Å². The van der Waals surface area contributed by atoms with Crippen molar-refractivity contribution in [2.24, 2.45) is 0 Å². The second kappa shape index (κ2) is 6.39. The van der Waals surface area contributed by atoms with Crippen molar-refractivity contribution < 1.29 is 9.53 Å². The van der Waals surface area contributed by atoms with Crippen molar-refractivity contribution in [3.8, 4) is 5.75 Å². The molecule has 0 unspecified atom stereocenters. The van der Waals surface area contributed by atoms with Gasteiger partial charge in [0.25, 0.3) is 5.56 Å². The minimum atomic E-state index is -0.421. The van der Waals surface area contributed by atoms with E-state index in [4.69, 9.17) is 4.74 Å². The lowest BCUT2D eigenvalue weighted by Crippen LogP contribution is -2.26. The molecule has 0 atom stereocenters. The van der Waals surface area contributed by atoms with Crippen molar-refractivity contribution in [2.45, 2.75) is 19.9 Å². The van der Waals surface area contributed by atoms with Crippen LogP contribution in [0.2, 0.25) is 0 Å². The van der Waals surface area contributed by atoms with Gasteiger partial charge in [-0.3, -0.25) is 9.59 Å². The second-order valence-electron chi connectivity index (χ2n) is 5.17. The average molecular weight is 309 g/mol. The summed E-state index contributed by atoms with van der Waals surface area (Å²) in [6.45, 7) is 2.08. The number of carbonyl (C=O) groups excluding carboxylic acids is 1. The molecule has 2 aromatic carbocycles. The highest BCUT2D eigenvalue weighted by atomic mass is 16.5. The molecule has 1 heterocycles. The Morgan fingerprint density at radius 2 is 1.87 bits per heavy atom. The summed E-state index contributed by atoms with van der Waals surface area (Å²) in [6.07, 6.45) is 0.0425. The maximum Gasteiger partial charge on any atom is 0.313 e. The van der Waals surface area contributed by atoms with Crippen molar-refractivity contribution in [1.82, 2.24) is 15.0 Å². The number of ether oxygens (including phenoxy) is 1. The molecule has 116 valence electrons. The lowest BCUT2D eigenvalue weighted by Gasteiger charge is -2.06. The van der Waals surface area contributed by atoms with E-state index in [9.17, 15) is 9.59 Å². The van der Waals surface area contributed by atoms with Crippen LogP contribution in [0.15, 0.2) is 53.3 Å². The summed E-state index contributed by atoms with van der Waals surface area (Å²) >= 11 is 0. The summed E-state index contributed by atoms with van der Waals surface area (Å²) in [7, 11) is 0. The van der Waals surface area contributed by atoms with Crippen LogP contribution in [0.3, 0.4) is 0 Å². The summed E-state index contributed by atoms with van der Waals surface area (Å²) in [5, 5.41) is 8.30. The zero-order valence-electron chi connectivity index (χ0n) is 12.6. The number of benzene rings is 2. The molecule has 0 aliphatic heterocycles. The molecule has 6 nitrogen and oxygen atoms in total. The lowest BCUT2D eigenvalue weighted by atomic mass is 10.2. The molecule has 0 aliphatic carbocycles. The third-order valence-electron chi connectivity index (χ3n) is 3.41. The van der Waals surface area contributed by atoms with Gasteiger partial charge in [0, 0.05) is 0 Å². The van der Waals surface area contributed by atoms with Crippen LogP contribution < -0.4 is 10.3 Å². The van der Waals surface area contributed by atoms with Crippen LogP contribution in [0.5, 0.6) is 5.75 Å². The predicted octanol–water partition coefficient (Wildman–Crippen LogP) is 2.10. The number of rotatable bonds is 4. The van der Waals surface area contributed by atoms with Crippen molar-refractivity contribution in [3.05, 3.63) is 64.4 Å². The fraction of sp³-hybridized carbons (Fsp3) is 0.176. The summed E-state index contributed by atoms with van der Waals surface area (Å²) in [6, 6.07) is 14.2. The number of carbonyl (C=O) groups is 1. The van der Waals surface area contributed by atoms with Gasteiger partial charge in [-0.05, 0) is 31.2 Å². The first kappa shape index (κ1) is 14.9. The number of nitrogens with zero attached hydrogens (tertiary/aromatic N) is 3. The Kier molecular flexibility index (Phi) is 4.14. The second-order valence-corrected chi connectivity index (χ2v) is 5.17. The molecule has 0 N–H and O–H groups in total. The van der Waals surface area contributed by atoms with Gasteiger partial charge in [0.15, 0.2) is 0 Å². The van der Waals surface area contributed by atoms with Gasteiger partial charge >= 0.3 is 5.97 Å². The van der Waals surface area contributed by atoms with Crippen LogP contribution in [-0.2, 0) is 11.3 Å². The molecule has 0 radical (unpaired) electrons. The summed E-state index contributed by atoms with van der Waals surface area (Å²) in [4.78, 5) is 24.1. The first-order valence-electron chi connectivity index (χ1n) is 7.23. The lowest BCUT2D eigenvalue weighted by molar-refractivity contribution is -0.134. The van der Waals surface area contributed by atoms with Crippen LogP contribution >= 0.6 is 0 Å². The number of esters is 1. The third-order valence-corrected chi connectivity index (χ3v) is 3.41. The monoisotopic (exact) mass is 309 g/mol. The first-order chi connectivity index (χ1) is 11.1. The standard InChI is InChI=1S/C17H15N3O3/c1-12-6-8-13(9-7-12)23-16(21)10-11-20-17(22)14-4-2-3-5-15(14)18-19-20/h2-9H,10-11H2,1H3. The zero-order chi connectivity index (χ0) is 16.2. The first-order valence-corrected chi connectivity index (χ1v) is 7.23. The molecule has 1 aromatic heterocycles. The van der Waals surface area contributed by atoms with Gasteiger partial charge in [0.2, 0.25) is 0 Å². The van der Waals surface area contributed by atoms with E-state index in [1.807, 2.05) is 19.1 Å². The predicted molar refractivity (Wildman–Crippen MR) is 85.2 cm³/mol. The molecule has 3 rings (SSSR count). The molecule has 0 bridgehead atoms. The minimum Gasteiger partial charge on any atom is -0.426 e. The highest BCUT2D eigenvalue weighted by Gasteiger charge is 2.09. The minimum absolute atomic E-state index is 0.0425. The Morgan fingerprint density at radius 1 is 1.13 bits per heavy atom. The number of aryl methyl sites for hydroxylation is 2. The van der Waals surface area contributed by atoms with E-state index >= 15 is 0 Å². The molecule has 0 fully saturated rings. The Balaban J connectivity index is 1.68. The van der Waals surface area contributed by atoms with E-state index in [-0.39, 0.29) is 18.5 Å². The van der Waals surface area contributed by atoms with Gasteiger partial charge in [0.1, 0.15) is 11.3 Å². The number of hydrogen-bond acceptors (Lipinski definition) is 5. The highest BCUT2D eigenvalue weighted by molar-refractivity contribution is 5.76. The number of hydrogen-bond donors (Lipinski definition) is 0. The maximum atomic E-state index is 12.2. The van der Waals surface area contributed by atoms with Gasteiger partial charge in [-0.15, -0.1) is 5.10 Å². The molecule has 6 heteroatoms. The van der Waals surface area contributed by atoms with Gasteiger partial charge in [-0.1, -0.05) is 35.0 Å². The van der Waals surface area contributed by atoms with E-state index in [0.717, 1.165) is 5.56 Å². The van der Waals surface area contributed by atoms with E-state index < -0.39 is 5.97 Å². The van der Waals surface area contributed by atoms with E-state index in [2.05, 4.69) is 10.3 Å². The van der Waals surface area contributed by atoms with Crippen LogP contribution in [0.25, 0.3) is 10.9 Å². The molecule has 0 aliphatic rings. The van der Waals surface area contributed by atoms with Crippen molar-refractivity contribution in [2.75, 3.05) is 0 Å². The normalized spacial score (nSPS) is 10.7. The average Bonchev–Trinajstić information content (AvgIpc) is 2.57. The molecule has 0 amide bonds. The van der Waals surface area contributed by atoms with Crippen molar-refractivity contribution in [3.63, 3.8) is 0 Å². The number of fused-ring (bicyclic) bond motifs is 1. The largest absolute Gasteiger partial charge is 0.426 e. The topological polar surface area (TPSA) is 74.1 Å².